The molecule has 28 heavy (non-hydrogen) atoms. The molecule has 0 aliphatic carbocycles. The predicted octanol–water partition coefficient (Wildman–Crippen LogP) is 5.02. The highest BCUT2D eigenvalue weighted by atomic mass is 32.1. The summed E-state index contributed by atoms with van der Waals surface area (Å²) in [6, 6.07) is 9.26. The first kappa shape index (κ1) is 18.6. The number of aryl methyl sites for hydroxylation is 3. The number of hydrogen-bond donors (Lipinski definition) is 1. The number of nitrogens with zero attached hydrogens (tertiary/aromatic N) is 2. The van der Waals surface area contributed by atoms with E-state index in [0.29, 0.717) is 5.56 Å². The van der Waals surface area contributed by atoms with Crippen LogP contribution in [0.15, 0.2) is 36.5 Å². The third-order valence-corrected chi connectivity index (χ3v) is 6.00. The van der Waals surface area contributed by atoms with Crippen molar-refractivity contribution in [1.29, 1.82) is 0 Å². The summed E-state index contributed by atoms with van der Waals surface area (Å²) in [4.78, 5) is 15.8. The number of nitrogens with one attached hydrogen (secondary N) is 1. The standard InChI is InChI=1S/C22H22FN3OS/c1-13-8-19(26-7-6-16-10-18(23)5-4-17(16)12-26)9-14(2)21(13)25-22(27)20-11-24-28-15(20)3/h4-5,8-11H,6-7,12H2,1-3H3,(H,25,27). The van der Waals surface area contributed by atoms with E-state index in [9.17, 15) is 9.18 Å². The summed E-state index contributed by atoms with van der Waals surface area (Å²) in [6.45, 7) is 7.53. The lowest BCUT2D eigenvalue weighted by Crippen LogP contribution is -2.30. The number of amides is 1. The van der Waals surface area contributed by atoms with E-state index in [2.05, 4.69) is 26.7 Å². The van der Waals surface area contributed by atoms with Crippen LogP contribution in [0.2, 0.25) is 0 Å². The molecule has 0 radical (unpaired) electrons. The summed E-state index contributed by atoms with van der Waals surface area (Å²) in [7, 11) is 0. The molecule has 0 saturated heterocycles. The molecule has 0 fully saturated rings. The minimum atomic E-state index is -0.171. The maximum atomic E-state index is 13.4. The summed E-state index contributed by atoms with van der Waals surface area (Å²) >= 11 is 1.33. The largest absolute Gasteiger partial charge is 0.367 e. The monoisotopic (exact) mass is 395 g/mol. The number of hydrogen-bond acceptors (Lipinski definition) is 4. The van der Waals surface area contributed by atoms with Crippen LogP contribution < -0.4 is 10.2 Å². The lowest BCUT2D eigenvalue weighted by Gasteiger charge is -2.31. The SMILES string of the molecule is Cc1cc(N2CCc3cc(F)ccc3C2)cc(C)c1NC(=O)c1cnsc1C. The highest BCUT2D eigenvalue weighted by molar-refractivity contribution is 7.06. The number of carbonyl (C=O) groups excluding carboxylic acids is 1. The van der Waals surface area contributed by atoms with Crippen LogP contribution in [0, 0.1) is 26.6 Å². The fourth-order valence-corrected chi connectivity index (χ4v) is 4.32. The van der Waals surface area contributed by atoms with Crippen molar-refractivity contribution < 1.29 is 9.18 Å². The number of fused-ring (bicyclic) bond motifs is 1. The van der Waals surface area contributed by atoms with Gasteiger partial charge in [-0.05, 0) is 85.2 Å². The Morgan fingerprint density at radius 2 is 1.89 bits per heavy atom. The lowest BCUT2D eigenvalue weighted by atomic mass is 9.98. The number of aromatic nitrogens is 1. The number of rotatable bonds is 3. The second-order valence-electron chi connectivity index (χ2n) is 7.29. The second-order valence-corrected chi connectivity index (χ2v) is 8.29. The van der Waals surface area contributed by atoms with Crippen LogP contribution in [0.3, 0.4) is 0 Å². The molecule has 1 N–H and O–H groups in total. The molecular weight excluding hydrogens is 373 g/mol. The molecule has 0 spiro atoms. The zero-order valence-corrected chi connectivity index (χ0v) is 17.0. The molecule has 0 saturated carbocycles. The van der Waals surface area contributed by atoms with Gasteiger partial charge in [0.15, 0.2) is 0 Å². The van der Waals surface area contributed by atoms with Crippen LogP contribution in [-0.4, -0.2) is 16.8 Å². The Kier molecular flexibility index (Phi) is 4.89. The molecule has 4 rings (SSSR count). The van der Waals surface area contributed by atoms with Crippen LogP contribution in [0.25, 0.3) is 0 Å². The second kappa shape index (κ2) is 7.36. The maximum Gasteiger partial charge on any atom is 0.258 e. The van der Waals surface area contributed by atoms with Gasteiger partial charge in [-0.1, -0.05) is 6.07 Å². The third kappa shape index (κ3) is 3.52. The van der Waals surface area contributed by atoms with Crippen molar-refractivity contribution >= 4 is 28.8 Å². The number of carbonyl (C=O) groups is 1. The molecule has 0 atom stereocenters. The Morgan fingerprint density at radius 1 is 1.14 bits per heavy atom. The molecular formula is C22H22FN3OS. The molecule has 1 aromatic heterocycles. The van der Waals surface area contributed by atoms with Gasteiger partial charge in [-0.15, -0.1) is 0 Å². The van der Waals surface area contributed by atoms with Gasteiger partial charge in [-0.25, -0.2) is 8.76 Å². The van der Waals surface area contributed by atoms with Crippen molar-refractivity contribution in [2.24, 2.45) is 0 Å². The van der Waals surface area contributed by atoms with E-state index in [4.69, 9.17) is 0 Å². The van der Waals surface area contributed by atoms with Crippen molar-refractivity contribution in [2.45, 2.75) is 33.7 Å². The van der Waals surface area contributed by atoms with Crippen molar-refractivity contribution in [3.63, 3.8) is 0 Å². The van der Waals surface area contributed by atoms with Gasteiger partial charge < -0.3 is 10.2 Å². The van der Waals surface area contributed by atoms with E-state index >= 15 is 0 Å². The molecule has 6 heteroatoms. The van der Waals surface area contributed by atoms with E-state index in [1.165, 1.54) is 23.2 Å². The topological polar surface area (TPSA) is 45.2 Å². The summed E-state index contributed by atoms with van der Waals surface area (Å²) in [5, 5.41) is 3.04. The van der Waals surface area contributed by atoms with Crippen molar-refractivity contribution in [1.82, 2.24) is 4.37 Å². The molecule has 0 unspecified atom stereocenters. The Morgan fingerprint density at radius 3 is 2.57 bits per heavy atom. The van der Waals surface area contributed by atoms with Gasteiger partial charge in [0.1, 0.15) is 5.82 Å². The van der Waals surface area contributed by atoms with Gasteiger partial charge in [0.2, 0.25) is 0 Å². The van der Waals surface area contributed by atoms with Gasteiger partial charge in [-0.2, -0.15) is 0 Å². The van der Waals surface area contributed by atoms with Gasteiger partial charge in [0.05, 0.1) is 11.8 Å². The minimum Gasteiger partial charge on any atom is -0.367 e. The molecule has 0 bridgehead atoms. The van der Waals surface area contributed by atoms with Crippen LogP contribution in [0.4, 0.5) is 15.8 Å². The van der Waals surface area contributed by atoms with Crippen LogP contribution in [0.1, 0.15) is 37.5 Å². The average molecular weight is 396 g/mol. The Labute approximate surface area is 168 Å². The number of halogens is 1. The van der Waals surface area contributed by atoms with Crippen molar-refractivity contribution in [3.8, 4) is 0 Å². The smallest absolute Gasteiger partial charge is 0.258 e. The van der Waals surface area contributed by atoms with Crippen LogP contribution in [0.5, 0.6) is 0 Å². The first-order valence-corrected chi connectivity index (χ1v) is 10.1. The maximum absolute atomic E-state index is 13.4. The van der Waals surface area contributed by atoms with E-state index < -0.39 is 0 Å². The van der Waals surface area contributed by atoms with Gasteiger partial charge >= 0.3 is 0 Å². The number of benzene rings is 2. The van der Waals surface area contributed by atoms with E-state index in [-0.39, 0.29) is 11.7 Å². The van der Waals surface area contributed by atoms with Gasteiger partial charge in [-0.3, -0.25) is 4.79 Å². The van der Waals surface area contributed by atoms with E-state index in [1.807, 2.05) is 26.8 Å². The third-order valence-electron chi connectivity index (χ3n) is 5.30. The minimum absolute atomic E-state index is 0.126. The number of anilines is 2. The summed E-state index contributed by atoms with van der Waals surface area (Å²) in [6.07, 6.45) is 2.44. The normalized spacial score (nSPS) is 13.4. The predicted molar refractivity (Wildman–Crippen MR) is 112 cm³/mol. The molecule has 3 aromatic rings. The molecule has 2 aromatic carbocycles. The van der Waals surface area contributed by atoms with Crippen molar-refractivity contribution in [3.05, 3.63) is 75.0 Å². The lowest BCUT2D eigenvalue weighted by molar-refractivity contribution is 0.102. The van der Waals surface area contributed by atoms with Crippen LogP contribution >= 0.6 is 11.5 Å². The zero-order chi connectivity index (χ0) is 19.8. The molecule has 1 aliphatic heterocycles. The first-order valence-electron chi connectivity index (χ1n) is 9.28. The zero-order valence-electron chi connectivity index (χ0n) is 16.2. The van der Waals surface area contributed by atoms with Gasteiger partial charge in [0.25, 0.3) is 5.91 Å². The fraction of sp³-hybridized carbons (Fsp3) is 0.273. The molecule has 144 valence electrons. The Hall–Kier alpha value is -2.73. The van der Waals surface area contributed by atoms with Crippen LogP contribution in [-0.2, 0) is 13.0 Å². The summed E-state index contributed by atoms with van der Waals surface area (Å²) in [5.41, 5.74) is 6.89. The Bertz CT molecular complexity index is 1040. The van der Waals surface area contributed by atoms with E-state index in [0.717, 1.165) is 52.5 Å². The van der Waals surface area contributed by atoms with Crippen molar-refractivity contribution in [2.75, 3.05) is 16.8 Å². The first-order chi connectivity index (χ1) is 13.4. The summed E-state index contributed by atoms with van der Waals surface area (Å²) < 4.78 is 17.5. The average Bonchev–Trinajstić information content (AvgIpc) is 3.10. The molecule has 1 aliphatic rings. The highest BCUT2D eigenvalue weighted by Crippen LogP contribution is 2.31. The van der Waals surface area contributed by atoms with E-state index in [1.54, 1.807) is 12.3 Å². The molecule has 1 amide bonds. The highest BCUT2D eigenvalue weighted by Gasteiger charge is 2.19. The quantitative estimate of drug-likeness (QED) is 0.677. The summed E-state index contributed by atoms with van der Waals surface area (Å²) in [5.74, 6) is -0.297. The molecule has 4 nitrogen and oxygen atoms in total. The molecule has 2 heterocycles. The Balaban J connectivity index is 1.57. The fourth-order valence-electron chi connectivity index (χ4n) is 3.76. The van der Waals surface area contributed by atoms with Gasteiger partial charge in [0, 0.05) is 29.3 Å².